The van der Waals surface area contributed by atoms with Gasteiger partial charge in [-0.15, -0.1) is 0 Å². The molecule has 8 N–H and O–H groups in total. The number of nitrogens with zero attached hydrogens (tertiary/aromatic N) is 2. The van der Waals surface area contributed by atoms with Crippen LogP contribution < -0.4 is 17.2 Å². The topological polar surface area (TPSA) is 203 Å². The van der Waals surface area contributed by atoms with Gasteiger partial charge in [-0.25, -0.2) is 9.59 Å². The molecule has 0 spiro atoms. The van der Waals surface area contributed by atoms with E-state index >= 15 is 0 Å². The van der Waals surface area contributed by atoms with E-state index < -0.39 is 36.1 Å². The number of aliphatic carboxylic acids is 2. The maximum atomic E-state index is 12.3. The minimum Gasteiger partial charge on any atom is -0.480 e. The number of hydrogen-bond acceptors (Lipinski definition) is 7. The third-order valence-electron chi connectivity index (χ3n) is 5.66. The first-order chi connectivity index (χ1) is 18.2. The zero-order valence-electron chi connectivity index (χ0n) is 21.4. The van der Waals surface area contributed by atoms with Crippen molar-refractivity contribution >= 4 is 34.7 Å². The Kier molecular flexibility index (Phi) is 13.3. The van der Waals surface area contributed by atoms with Crippen molar-refractivity contribution < 1.29 is 42.6 Å². The predicted octanol–water partition coefficient (Wildman–Crippen LogP) is 2.12. The number of amides is 2. The summed E-state index contributed by atoms with van der Waals surface area (Å²) in [4.78, 5) is 48.6. The van der Waals surface area contributed by atoms with Gasteiger partial charge in [0.25, 0.3) is 0 Å². The van der Waals surface area contributed by atoms with E-state index in [0.717, 1.165) is 36.6 Å². The number of carbonyl (C=O) groups excluding carboxylic acids is 2. The Balaban J connectivity index is 0.000000327. The molecule has 39 heavy (non-hydrogen) atoms. The van der Waals surface area contributed by atoms with Crippen molar-refractivity contribution in [2.45, 2.75) is 57.3 Å². The van der Waals surface area contributed by atoms with E-state index in [2.05, 4.69) is 4.98 Å². The summed E-state index contributed by atoms with van der Waals surface area (Å²) < 4.78 is 31.7. The molecule has 0 saturated heterocycles. The second kappa shape index (κ2) is 15.6. The average molecular weight is 558 g/mol. The first kappa shape index (κ1) is 33.2. The van der Waals surface area contributed by atoms with E-state index in [-0.39, 0.29) is 5.91 Å². The molecule has 1 heterocycles. The van der Waals surface area contributed by atoms with E-state index in [9.17, 15) is 27.6 Å². The number of rotatable bonds is 10. The lowest BCUT2D eigenvalue weighted by molar-refractivity contribution is -0.192. The van der Waals surface area contributed by atoms with E-state index in [0.29, 0.717) is 31.0 Å². The molecule has 2 atom stereocenters. The Hall–Kier alpha value is -3.78. The van der Waals surface area contributed by atoms with Crippen molar-refractivity contribution in [2.75, 3.05) is 13.1 Å². The molecule has 0 bridgehead atoms. The summed E-state index contributed by atoms with van der Waals surface area (Å²) in [5.41, 5.74) is 17.7. The fourth-order valence-electron chi connectivity index (χ4n) is 3.20. The first-order valence-corrected chi connectivity index (χ1v) is 12.1. The number of para-hydroxylation sites is 1. The molecule has 11 nitrogen and oxygen atoms in total. The number of carbonyl (C=O) groups is 4. The Morgan fingerprint density at radius 1 is 1.13 bits per heavy atom. The summed E-state index contributed by atoms with van der Waals surface area (Å²) in [6.07, 6.45) is 0.728. The second-order valence-electron chi connectivity index (χ2n) is 8.92. The quantitative estimate of drug-likeness (QED) is 0.271. The number of fused-ring (bicyclic) bond motifs is 1. The molecule has 14 heteroatoms. The van der Waals surface area contributed by atoms with Crippen LogP contribution in [0.2, 0.25) is 0 Å². The number of unbranched alkanes of at least 4 members (excludes halogenated alkanes) is 1. The summed E-state index contributed by atoms with van der Waals surface area (Å²) in [5, 5.41) is 17.1. The first-order valence-electron chi connectivity index (χ1n) is 12.1. The van der Waals surface area contributed by atoms with Crippen LogP contribution in [0, 0.1) is 5.92 Å². The number of primary amides is 1. The molecule has 1 aliphatic carbocycles. The SMILES string of the molecule is C[C@@H](C(=O)O)N(CC1CC1)C(=O)[C@H](N)CCCCN.NC(=O)c1cnc2ccccc2c1.O=C(O)C(F)(F)F. The van der Waals surface area contributed by atoms with E-state index in [4.69, 9.17) is 32.2 Å². The Morgan fingerprint density at radius 2 is 1.72 bits per heavy atom. The van der Waals surface area contributed by atoms with Gasteiger partial charge in [0.05, 0.1) is 17.1 Å². The molecule has 1 fully saturated rings. The number of nitrogens with two attached hydrogens (primary N) is 3. The van der Waals surface area contributed by atoms with Gasteiger partial charge in [-0.2, -0.15) is 13.2 Å². The number of halogens is 3. The van der Waals surface area contributed by atoms with Crippen molar-refractivity contribution in [1.82, 2.24) is 9.88 Å². The van der Waals surface area contributed by atoms with Crippen LogP contribution in [0.25, 0.3) is 10.9 Å². The highest BCUT2D eigenvalue weighted by Crippen LogP contribution is 2.30. The highest BCUT2D eigenvalue weighted by Gasteiger charge is 2.38. The number of hydrogen-bond donors (Lipinski definition) is 5. The molecule has 1 saturated carbocycles. The monoisotopic (exact) mass is 557 g/mol. The van der Waals surface area contributed by atoms with Crippen molar-refractivity contribution in [3.05, 3.63) is 42.1 Å². The molecular weight excluding hydrogens is 523 g/mol. The fraction of sp³-hybridized carbons (Fsp3) is 0.480. The van der Waals surface area contributed by atoms with Crippen molar-refractivity contribution in [3.63, 3.8) is 0 Å². The van der Waals surface area contributed by atoms with Gasteiger partial charge in [0.1, 0.15) is 6.04 Å². The number of carboxylic acid groups (broad SMARTS) is 2. The minimum atomic E-state index is -5.08. The zero-order chi connectivity index (χ0) is 29.8. The number of benzene rings is 1. The van der Waals surface area contributed by atoms with Gasteiger partial charge in [0.15, 0.2) is 0 Å². The third kappa shape index (κ3) is 12.1. The Morgan fingerprint density at radius 3 is 2.21 bits per heavy atom. The van der Waals surface area contributed by atoms with Gasteiger partial charge < -0.3 is 32.3 Å². The third-order valence-corrected chi connectivity index (χ3v) is 5.66. The van der Waals surface area contributed by atoms with Crippen molar-refractivity contribution in [1.29, 1.82) is 0 Å². The summed E-state index contributed by atoms with van der Waals surface area (Å²) in [7, 11) is 0. The highest BCUT2D eigenvalue weighted by molar-refractivity contribution is 5.96. The molecule has 0 radical (unpaired) electrons. The van der Waals surface area contributed by atoms with E-state index in [1.54, 1.807) is 6.07 Å². The van der Waals surface area contributed by atoms with Gasteiger partial charge in [0, 0.05) is 18.1 Å². The number of aromatic nitrogens is 1. The molecule has 3 rings (SSSR count). The highest BCUT2D eigenvalue weighted by atomic mass is 19.4. The van der Waals surface area contributed by atoms with Crippen LogP contribution in [0.1, 0.15) is 49.4 Å². The van der Waals surface area contributed by atoms with Gasteiger partial charge in [-0.3, -0.25) is 14.6 Å². The van der Waals surface area contributed by atoms with Crippen molar-refractivity contribution in [2.24, 2.45) is 23.1 Å². The van der Waals surface area contributed by atoms with Gasteiger partial charge in [0.2, 0.25) is 11.8 Å². The number of carboxylic acids is 2. The van der Waals surface area contributed by atoms with Crippen LogP contribution >= 0.6 is 0 Å². The minimum absolute atomic E-state index is 0.251. The molecule has 1 aliphatic rings. The van der Waals surface area contributed by atoms with Crippen LogP contribution in [0.15, 0.2) is 36.5 Å². The molecular formula is C25H34F3N5O6. The van der Waals surface area contributed by atoms with Crippen LogP contribution in [0.5, 0.6) is 0 Å². The normalized spacial score (nSPS) is 14.1. The predicted molar refractivity (Wildman–Crippen MR) is 136 cm³/mol. The van der Waals surface area contributed by atoms with Gasteiger partial charge >= 0.3 is 18.1 Å². The number of alkyl halides is 3. The summed E-state index contributed by atoms with van der Waals surface area (Å²) in [5.74, 6) is -3.99. The lowest BCUT2D eigenvalue weighted by Crippen LogP contribution is -2.51. The van der Waals surface area contributed by atoms with Gasteiger partial charge in [-0.1, -0.05) is 24.6 Å². The second-order valence-corrected chi connectivity index (χ2v) is 8.92. The van der Waals surface area contributed by atoms with E-state index in [1.165, 1.54) is 18.0 Å². The van der Waals surface area contributed by atoms with Crippen molar-refractivity contribution in [3.8, 4) is 0 Å². The smallest absolute Gasteiger partial charge is 0.480 e. The zero-order valence-corrected chi connectivity index (χ0v) is 21.4. The van der Waals surface area contributed by atoms with E-state index in [1.807, 2.05) is 24.3 Å². The summed E-state index contributed by atoms with van der Waals surface area (Å²) in [6.45, 7) is 2.63. The molecule has 1 aromatic heterocycles. The largest absolute Gasteiger partial charge is 0.490 e. The number of pyridine rings is 1. The maximum Gasteiger partial charge on any atom is 0.490 e. The summed E-state index contributed by atoms with van der Waals surface area (Å²) >= 11 is 0. The van der Waals surface area contributed by atoms with Gasteiger partial charge in [-0.05, 0) is 57.2 Å². The Bertz CT molecular complexity index is 1130. The summed E-state index contributed by atoms with van der Waals surface area (Å²) in [6, 6.07) is 7.90. The molecule has 216 valence electrons. The van der Waals surface area contributed by atoms with Crippen LogP contribution in [0.3, 0.4) is 0 Å². The molecule has 0 unspecified atom stereocenters. The fourth-order valence-corrected chi connectivity index (χ4v) is 3.20. The Labute approximate surface area is 223 Å². The molecule has 0 aliphatic heterocycles. The van der Waals surface area contributed by atoms with Crippen LogP contribution in [-0.2, 0) is 14.4 Å². The standard InChI is InChI=1S/C13H25N3O3.C10H8N2O.C2HF3O2/c1-9(13(18)19)16(8-10-5-6-10)12(17)11(15)4-2-3-7-14;11-10(13)8-5-7-3-1-2-4-9(7)12-6-8;3-2(4,5)1(6)7/h9-11H,2-8,14-15H2,1H3,(H,18,19);1-6H,(H2,11,13);(H,6,7)/t9-,11+;;/m0../s1. The molecule has 1 aromatic carbocycles. The maximum absolute atomic E-state index is 12.3. The van der Waals surface area contributed by atoms with Crippen LogP contribution in [0.4, 0.5) is 13.2 Å². The molecule has 2 aromatic rings. The lowest BCUT2D eigenvalue weighted by atomic mass is 10.1. The van der Waals surface area contributed by atoms with Crippen LogP contribution in [-0.4, -0.2) is 75.2 Å². The lowest BCUT2D eigenvalue weighted by Gasteiger charge is -2.29. The average Bonchev–Trinajstić information content (AvgIpc) is 3.70. The molecule has 2 amide bonds.